The maximum atomic E-state index is 11.4. The van der Waals surface area contributed by atoms with Crippen LogP contribution in [0.2, 0.25) is 0 Å². The van der Waals surface area contributed by atoms with E-state index in [1.54, 1.807) is 25.6 Å². The number of hydrogen-bond donors (Lipinski definition) is 1. The summed E-state index contributed by atoms with van der Waals surface area (Å²) in [5.74, 6) is -0.359. The Morgan fingerprint density at radius 3 is 2.69 bits per heavy atom. The lowest BCUT2D eigenvalue weighted by Gasteiger charge is -1.98. The lowest BCUT2D eigenvalue weighted by Crippen LogP contribution is -2.05. The Kier molecular flexibility index (Phi) is 2.87. The van der Waals surface area contributed by atoms with Crippen molar-refractivity contribution in [2.75, 3.05) is 6.61 Å². The summed E-state index contributed by atoms with van der Waals surface area (Å²) in [6.07, 6.45) is 0. The fourth-order valence-electron chi connectivity index (χ4n) is 1.13. The fraction of sp³-hybridized carbons (Fsp3) is 0.500. The summed E-state index contributed by atoms with van der Waals surface area (Å²) >= 11 is 5.04. The van der Waals surface area contributed by atoms with Crippen LogP contribution in [0.1, 0.15) is 23.0 Å². The molecule has 0 fully saturated rings. The van der Waals surface area contributed by atoms with Crippen LogP contribution in [0, 0.1) is 11.6 Å². The maximum absolute atomic E-state index is 11.4. The SMILES string of the molecule is CCOC(=O)c1c(C)[nH]n(C)c1=S. The molecule has 1 N–H and O–H groups in total. The first-order chi connectivity index (χ1) is 6.07. The summed E-state index contributed by atoms with van der Waals surface area (Å²) in [4.78, 5) is 11.4. The van der Waals surface area contributed by atoms with Gasteiger partial charge in [0, 0.05) is 12.7 Å². The van der Waals surface area contributed by atoms with Gasteiger partial charge in [0.1, 0.15) is 10.2 Å². The Morgan fingerprint density at radius 2 is 2.31 bits per heavy atom. The molecule has 72 valence electrons. The summed E-state index contributed by atoms with van der Waals surface area (Å²) in [7, 11) is 1.76. The Morgan fingerprint density at radius 1 is 1.69 bits per heavy atom. The number of aromatic nitrogens is 2. The molecule has 0 aliphatic rings. The van der Waals surface area contributed by atoms with E-state index in [-0.39, 0.29) is 5.97 Å². The molecular weight excluding hydrogens is 188 g/mol. The van der Waals surface area contributed by atoms with Crippen LogP contribution in [0.25, 0.3) is 0 Å². The molecule has 0 bridgehead atoms. The second-order valence-electron chi connectivity index (χ2n) is 2.70. The van der Waals surface area contributed by atoms with Gasteiger partial charge in [0.15, 0.2) is 0 Å². The van der Waals surface area contributed by atoms with Gasteiger partial charge in [-0.15, -0.1) is 0 Å². The molecule has 0 atom stereocenters. The van der Waals surface area contributed by atoms with Crippen molar-refractivity contribution < 1.29 is 9.53 Å². The minimum absolute atomic E-state index is 0.359. The minimum atomic E-state index is -0.359. The van der Waals surface area contributed by atoms with Gasteiger partial charge in [0.2, 0.25) is 0 Å². The van der Waals surface area contributed by atoms with Crippen LogP contribution in [0.3, 0.4) is 0 Å². The van der Waals surface area contributed by atoms with Gasteiger partial charge in [-0.2, -0.15) is 0 Å². The van der Waals surface area contributed by atoms with Crippen molar-refractivity contribution in [3.63, 3.8) is 0 Å². The number of ether oxygens (including phenoxy) is 1. The van der Waals surface area contributed by atoms with E-state index in [0.717, 1.165) is 5.69 Å². The zero-order chi connectivity index (χ0) is 10.0. The van der Waals surface area contributed by atoms with Gasteiger partial charge in [-0.1, -0.05) is 12.2 Å². The van der Waals surface area contributed by atoms with Crippen LogP contribution in [0.15, 0.2) is 0 Å². The van der Waals surface area contributed by atoms with Crippen molar-refractivity contribution in [3.05, 3.63) is 15.9 Å². The molecule has 5 heteroatoms. The highest BCUT2D eigenvalue weighted by atomic mass is 32.1. The van der Waals surface area contributed by atoms with Gasteiger partial charge < -0.3 is 9.84 Å². The first kappa shape index (κ1) is 9.98. The molecule has 0 unspecified atom stereocenters. The van der Waals surface area contributed by atoms with E-state index >= 15 is 0 Å². The number of carbonyl (C=O) groups is 1. The molecule has 0 spiro atoms. The highest BCUT2D eigenvalue weighted by Crippen LogP contribution is 2.09. The number of nitrogens with one attached hydrogen (secondary N) is 1. The van der Waals surface area contributed by atoms with Crippen molar-refractivity contribution in [2.24, 2.45) is 7.05 Å². The molecule has 0 aromatic carbocycles. The van der Waals surface area contributed by atoms with Crippen molar-refractivity contribution in [1.82, 2.24) is 9.78 Å². The molecule has 1 aromatic heterocycles. The van der Waals surface area contributed by atoms with E-state index in [4.69, 9.17) is 17.0 Å². The third-order valence-electron chi connectivity index (χ3n) is 1.71. The van der Waals surface area contributed by atoms with Gasteiger partial charge in [0.05, 0.1) is 6.61 Å². The molecule has 4 nitrogen and oxygen atoms in total. The smallest absolute Gasteiger partial charge is 0.343 e. The van der Waals surface area contributed by atoms with E-state index in [0.29, 0.717) is 16.8 Å². The summed E-state index contributed by atoms with van der Waals surface area (Å²) in [5.41, 5.74) is 1.20. The molecule has 1 aromatic rings. The van der Waals surface area contributed by atoms with Crippen molar-refractivity contribution in [2.45, 2.75) is 13.8 Å². The molecule has 1 heterocycles. The quantitative estimate of drug-likeness (QED) is 0.582. The van der Waals surface area contributed by atoms with E-state index in [1.807, 2.05) is 0 Å². The molecule has 0 saturated carbocycles. The number of H-pyrrole nitrogens is 1. The Bertz CT molecular complexity index is 378. The molecule has 0 amide bonds. The van der Waals surface area contributed by atoms with Gasteiger partial charge in [-0.3, -0.25) is 4.68 Å². The number of aromatic amines is 1. The van der Waals surface area contributed by atoms with Crippen molar-refractivity contribution >= 4 is 18.2 Å². The fourth-order valence-corrected chi connectivity index (χ4v) is 1.41. The number of esters is 1. The van der Waals surface area contributed by atoms with Gasteiger partial charge in [-0.05, 0) is 13.8 Å². The topological polar surface area (TPSA) is 47.0 Å². The summed E-state index contributed by atoms with van der Waals surface area (Å²) in [5, 5.41) is 2.93. The molecule has 0 radical (unpaired) electrons. The Balaban J connectivity index is 3.14. The summed E-state index contributed by atoms with van der Waals surface area (Å²) in [6.45, 7) is 3.92. The van der Waals surface area contributed by atoms with E-state index in [9.17, 15) is 4.79 Å². The summed E-state index contributed by atoms with van der Waals surface area (Å²) < 4.78 is 6.97. The molecule has 1 rings (SSSR count). The zero-order valence-electron chi connectivity index (χ0n) is 7.88. The van der Waals surface area contributed by atoms with Crippen LogP contribution in [-0.2, 0) is 11.8 Å². The lowest BCUT2D eigenvalue weighted by molar-refractivity contribution is 0.0525. The van der Waals surface area contributed by atoms with Crippen LogP contribution >= 0.6 is 12.2 Å². The highest BCUT2D eigenvalue weighted by molar-refractivity contribution is 7.71. The average Bonchev–Trinajstić information content (AvgIpc) is 2.27. The largest absolute Gasteiger partial charge is 0.462 e. The first-order valence-electron chi connectivity index (χ1n) is 4.00. The number of hydrogen-bond acceptors (Lipinski definition) is 3. The van der Waals surface area contributed by atoms with Crippen molar-refractivity contribution in [1.29, 1.82) is 0 Å². The first-order valence-corrected chi connectivity index (χ1v) is 4.41. The molecule has 0 saturated heterocycles. The predicted molar refractivity (Wildman–Crippen MR) is 51.3 cm³/mol. The van der Waals surface area contributed by atoms with Gasteiger partial charge in [-0.25, -0.2) is 4.79 Å². The minimum Gasteiger partial charge on any atom is -0.462 e. The normalized spacial score (nSPS) is 10.1. The summed E-state index contributed by atoms with van der Waals surface area (Å²) in [6, 6.07) is 0. The van der Waals surface area contributed by atoms with Gasteiger partial charge in [0.25, 0.3) is 0 Å². The third-order valence-corrected chi connectivity index (χ3v) is 2.19. The predicted octanol–water partition coefficient (Wildman–Crippen LogP) is 1.57. The molecule has 13 heavy (non-hydrogen) atoms. The van der Waals surface area contributed by atoms with Gasteiger partial charge >= 0.3 is 5.97 Å². The van der Waals surface area contributed by atoms with Crippen LogP contribution in [0.4, 0.5) is 0 Å². The second-order valence-corrected chi connectivity index (χ2v) is 3.08. The maximum Gasteiger partial charge on any atom is 0.343 e. The number of rotatable bonds is 2. The van der Waals surface area contributed by atoms with Crippen LogP contribution < -0.4 is 0 Å². The lowest BCUT2D eigenvalue weighted by atomic mass is 10.3. The zero-order valence-corrected chi connectivity index (χ0v) is 8.70. The second kappa shape index (κ2) is 3.74. The number of carbonyl (C=O) groups excluding carboxylic acids is 1. The standard InChI is InChI=1S/C8H12N2O2S/c1-4-12-8(11)6-5(2)9-10(3)7(6)13/h9H,4H2,1-3H3. The Hall–Kier alpha value is -1.10. The third kappa shape index (κ3) is 1.80. The average molecular weight is 200 g/mol. The highest BCUT2D eigenvalue weighted by Gasteiger charge is 2.15. The monoisotopic (exact) mass is 200 g/mol. The van der Waals surface area contributed by atoms with E-state index < -0.39 is 0 Å². The molecule has 0 aliphatic carbocycles. The number of nitrogens with zero attached hydrogens (tertiary/aromatic N) is 1. The van der Waals surface area contributed by atoms with Crippen molar-refractivity contribution in [3.8, 4) is 0 Å². The van der Waals surface area contributed by atoms with E-state index in [1.165, 1.54) is 0 Å². The molecule has 0 aliphatic heterocycles. The van der Waals surface area contributed by atoms with Crippen LogP contribution in [0.5, 0.6) is 0 Å². The van der Waals surface area contributed by atoms with E-state index in [2.05, 4.69) is 5.10 Å². The Labute approximate surface area is 81.5 Å². The molecular formula is C8H12N2O2S. The van der Waals surface area contributed by atoms with Crippen LogP contribution in [-0.4, -0.2) is 22.4 Å². The number of aryl methyl sites for hydroxylation is 2.